The van der Waals surface area contributed by atoms with Gasteiger partial charge in [0, 0.05) is 12.6 Å². The third-order valence-electron chi connectivity index (χ3n) is 7.20. The second-order valence-electron chi connectivity index (χ2n) is 11.6. The van der Waals surface area contributed by atoms with Crippen LogP contribution in [0, 0.1) is 11.3 Å². The standard InChI is InChI=1S/C26H39N4O6PS/c1-6-36-37(33)20-16-18(29-38(5,34)35)12-13-19(20)27-24(28-37)21-23(31)22(17-10-8-7-9-11-17)30(25(21)32)15-14-26(2,3)4/h12-13,16-17,22,29,33H,6-11,14-15H2,1-5H3,(H-,27,28,31,32)/p+1/t22-,37?/m0/s1. The second-order valence-corrected chi connectivity index (χ2v) is 15.3. The summed E-state index contributed by atoms with van der Waals surface area (Å²) in [6.45, 7) is 8.75. The number of aliphatic hydroxyl groups is 1. The van der Waals surface area contributed by atoms with Crippen LogP contribution in [0.3, 0.4) is 0 Å². The number of hydrogen-bond donors (Lipinski definition) is 4. The normalized spacial score (nSPS) is 24.8. The molecule has 12 heteroatoms. The van der Waals surface area contributed by atoms with Gasteiger partial charge in [0.25, 0.3) is 5.91 Å². The third kappa shape index (κ3) is 6.17. The van der Waals surface area contributed by atoms with Gasteiger partial charge in [0.05, 0.1) is 30.3 Å². The van der Waals surface area contributed by atoms with Gasteiger partial charge in [-0.2, -0.15) is 9.42 Å². The van der Waals surface area contributed by atoms with Gasteiger partial charge >= 0.3 is 7.87 Å². The average Bonchev–Trinajstić information content (AvgIpc) is 3.06. The summed E-state index contributed by atoms with van der Waals surface area (Å²) >= 11 is 0. The van der Waals surface area contributed by atoms with Gasteiger partial charge in [0.1, 0.15) is 11.3 Å². The van der Waals surface area contributed by atoms with Crippen LogP contribution in [0.1, 0.15) is 66.2 Å². The predicted octanol–water partition coefficient (Wildman–Crippen LogP) is 4.34. The fourth-order valence-electron chi connectivity index (χ4n) is 5.41. The quantitative estimate of drug-likeness (QED) is 0.343. The number of amides is 1. The summed E-state index contributed by atoms with van der Waals surface area (Å²) in [5, 5.41) is 15.0. The van der Waals surface area contributed by atoms with Gasteiger partial charge in [0.15, 0.2) is 5.84 Å². The number of nitrogens with one attached hydrogen (secondary N) is 2. The molecule has 4 N–H and O–H groups in total. The van der Waals surface area contributed by atoms with Crippen molar-refractivity contribution >= 4 is 46.3 Å². The van der Waals surface area contributed by atoms with Crippen LogP contribution >= 0.6 is 7.87 Å². The van der Waals surface area contributed by atoms with Crippen LogP contribution in [-0.4, -0.2) is 60.5 Å². The maximum absolute atomic E-state index is 13.9. The van der Waals surface area contributed by atoms with Crippen molar-refractivity contribution < 1.29 is 27.7 Å². The molecular weight excluding hydrogens is 527 g/mol. The smallest absolute Gasteiger partial charge is 0.432 e. The number of benzene rings is 1. The molecule has 2 aliphatic heterocycles. The molecule has 1 fully saturated rings. The van der Waals surface area contributed by atoms with Gasteiger partial charge in [-0.25, -0.2) is 8.42 Å². The number of hydrogen-bond acceptors (Lipinski definition) is 8. The van der Waals surface area contributed by atoms with Crippen molar-refractivity contribution in [2.45, 2.75) is 72.3 Å². The van der Waals surface area contributed by atoms with E-state index in [0.29, 0.717) is 17.5 Å². The van der Waals surface area contributed by atoms with Crippen LogP contribution in [0.25, 0.3) is 0 Å². The molecule has 0 radical (unpaired) electrons. The number of carbonyl (C=O) groups excluding carboxylic acids is 1. The van der Waals surface area contributed by atoms with E-state index in [9.17, 15) is 23.2 Å². The Bertz CT molecular complexity index is 1250. The van der Waals surface area contributed by atoms with E-state index in [4.69, 9.17) is 4.52 Å². The van der Waals surface area contributed by atoms with Crippen molar-refractivity contribution in [3.05, 3.63) is 29.5 Å². The summed E-state index contributed by atoms with van der Waals surface area (Å²) in [5.74, 6) is -0.0848. The first-order valence-corrected chi connectivity index (χ1v) is 16.7. The molecule has 0 bridgehead atoms. The molecule has 1 amide bonds. The molecule has 0 saturated heterocycles. The first-order valence-electron chi connectivity index (χ1n) is 13.2. The molecule has 1 aromatic rings. The highest BCUT2D eigenvalue weighted by atomic mass is 32.2. The molecule has 0 spiro atoms. The van der Waals surface area contributed by atoms with Gasteiger partial charge in [0.2, 0.25) is 15.3 Å². The van der Waals surface area contributed by atoms with E-state index < -0.39 is 23.9 Å². The lowest BCUT2D eigenvalue weighted by Crippen LogP contribution is -2.43. The summed E-state index contributed by atoms with van der Waals surface area (Å²) in [7, 11) is -7.18. The van der Waals surface area contributed by atoms with Crippen LogP contribution in [0.2, 0.25) is 0 Å². The predicted molar refractivity (Wildman–Crippen MR) is 152 cm³/mol. The second kappa shape index (κ2) is 10.8. The van der Waals surface area contributed by atoms with E-state index >= 15 is 0 Å². The number of amidine groups is 1. The topological polar surface area (TPSA) is 141 Å². The van der Waals surface area contributed by atoms with Crippen LogP contribution in [0.4, 0.5) is 11.4 Å². The number of sulfonamides is 1. The molecule has 2 heterocycles. The lowest BCUT2D eigenvalue weighted by atomic mass is 9.82. The fourth-order valence-corrected chi connectivity index (χ4v) is 7.80. The van der Waals surface area contributed by atoms with E-state index in [-0.39, 0.29) is 46.7 Å². The van der Waals surface area contributed by atoms with Crippen molar-refractivity contribution in [1.29, 1.82) is 0 Å². The zero-order valence-corrected chi connectivity index (χ0v) is 24.5. The van der Waals surface area contributed by atoms with Crippen LogP contribution < -0.4 is 15.3 Å². The Hall–Kier alpha value is -2.20. The van der Waals surface area contributed by atoms with Crippen LogP contribution in [-0.2, 0) is 19.3 Å². The van der Waals surface area contributed by atoms with Crippen molar-refractivity contribution in [3.8, 4) is 0 Å². The number of nitrogens with zero attached hydrogens (tertiary/aromatic N) is 2. The molecule has 4 rings (SSSR count). The summed E-state index contributed by atoms with van der Waals surface area (Å²) < 4.78 is 36.1. The van der Waals surface area contributed by atoms with Crippen molar-refractivity contribution in [2.24, 2.45) is 16.1 Å². The lowest BCUT2D eigenvalue weighted by Gasteiger charge is -2.35. The zero-order valence-electron chi connectivity index (χ0n) is 22.8. The minimum absolute atomic E-state index is 0.00771. The Morgan fingerprint density at radius 1 is 1.24 bits per heavy atom. The molecule has 10 nitrogen and oxygen atoms in total. The minimum atomic E-state index is -3.65. The molecule has 1 aromatic carbocycles. The molecule has 3 aliphatic rings. The Balaban J connectivity index is 1.75. The van der Waals surface area contributed by atoms with E-state index in [1.54, 1.807) is 24.0 Å². The zero-order chi connectivity index (χ0) is 27.9. The third-order valence-corrected chi connectivity index (χ3v) is 9.89. The molecule has 2 atom stereocenters. The number of aliphatic hydroxyl groups excluding tert-OH is 1. The summed E-state index contributed by atoms with van der Waals surface area (Å²) in [4.78, 5) is 27.3. The van der Waals surface area contributed by atoms with E-state index in [2.05, 4.69) is 35.6 Å². The number of rotatable bonds is 8. The van der Waals surface area contributed by atoms with Gasteiger partial charge in [-0.15, -0.1) is 0 Å². The van der Waals surface area contributed by atoms with Crippen LogP contribution in [0.5, 0.6) is 0 Å². The average molecular weight is 568 g/mol. The maximum Gasteiger partial charge on any atom is 0.432 e. The first kappa shape index (κ1) is 28.8. The SMILES string of the molecule is CCO[P+]1(O)N=C(C2=C(O)[C@H](C3CCCCC3)N(CCC(C)(C)C)C2=O)Nc2ccc(NS(C)(=O)=O)cc21. The van der Waals surface area contributed by atoms with Gasteiger partial charge in [-0.05, 0) is 54.4 Å². The van der Waals surface area contributed by atoms with E-state index in [0.717, 1.165) is 44.8 Å². The Labute approximate surface area is 226 Å². The van der Waals surface area contributed by atoms with Gasteiger partial charge < -0.3 is 15.3 Å². The molecule has 1 saturated carbocycles. The van der Waals surface area contributed by atoms with E-state index in [1.165, 1.54) is 6.07 Å². The molecule has 210 valence electrons. The summed E-state index contributed by atoms with van der Waals surface area (Å²) in [5.41, 5.74) is 0.772. The molecule has 1 aliphatic carbocycles. The maximum atomic E-state index is 13.9. The minimum Gasteiger partial charge on any atom is -0.509 e. The van der Waals surface area contributed by atoms with E-state index in [1.807, 2.05) is 0 Å². The largest absolute Gasteiger partial charge is 0.509 e. The highest BCUT2D eigenvalue weighted by molar-refractivity contribution is 7.92. The van der Waals surface area contributed by atoms with Gasteiger partial charge in [-0.3, -0.25) is 9.52 Å². The number of fused-ring (bicyclic) bond motifs is 1. The highest BCUT2D eigenvalue weighted by Gasteiger charge is 2.52. The molecular formula is C26H40N4O6PS+. The first-order chi connectivity index (χ1) is 17.7. The molecule has 38 heavy (non-hydrogen) atoms. The Morgan fingerprint density at radius 2 is 1.92 bits per heavy atom. The lowest BCUT2D eigenvalue weighted by molar-refractivity contribution is -0.128. The summed E-state index contributed by atoms with van der Waals surface area (Å²) in [6, 6.07) is 4.22. The summed E-state index contributed by atoms with van der Waals surface area (Å²) in [6.07, 6.45) is 6.99. The monoisotopic (exact) mass is 567 g/mol. The molecule has 0 aromatic heterocycles. The van der Waals surface area contributed by atoms with Crippen molar-refractivity contribution in [1.82, 2.24) is 4.90 Å². The van der Waals surface area contributed by atoms with Gasteiger partial charge in [-0.1, -0.05) is 40.0 Å². The number of anilines is 2. The Morgan fingerprint density at radius 3 is 2.53 bits per heavy atom. The fraction of sp³-hybridized carbons (Fsp3) is 0.615. The Kier molecular flexibility index (Phi) is 8.15. The number of carbonyl (C=O) groups is 1. The van der Waals surface area contributed by atoms with Crippen LogP contribution in [0.15, 0.2) is 34.3 Å². The highest BCUT2D eigenvalue weighted by Crippen LogP contribution is 2.60. The molecule has 1 unspecified atom stereocenters. The van der Waals surface area contributed by atoms with Crippen molar-refractivity contribution in [3.63, 3.8) is 0 Å². The van der Waals surface area contributed by atoms with Crippen molar-refractivity contribution in [2.75, 3.05) is 29.4 Å².